The lowest BCUT2D eigenvalue weighted by Crippen LogP contribution is -2.41. The van der Waals surface area contributed by atoms with E-state index in [1.807, 2.05) is 54.9 Å². The summed E-state index contributed by atoms with van der Waals surface area (Å²) in [4.78, 5) is 27.3. The highest BCUT2D eigenvalue weighted by Crippen LogP contribution is 2.34. The van der Waals surface area contributed by atoms with Crippen LogP contribution < -0.4 is 0 Å². The molecule has 0 saturated carbocycles. The molecule has 1 N–H and O–H groups in total. The monoisotopic (exact) mass is 440 g/mol. The minimum atomic E-state index is -0.473. The van der Waals surface area contributed by atoms with Crippen molar-refractivity contribution in [1.82, 2.24) is 39.7 Å². The highest BCUT2D eigenvalue weighted by Gasteiger charge is 2.38. The molecule has 1 amide bonds. The smallest absolute Gasteiger partial charge is 0.312 e. The van der Waals surface area contributed by atoms with Gasteiger partial charge in [0.15, 0.2) is 0 Å². The fourth-order valence-corrected chi connectivity index (χ4v) is 4.30. The molecule has 164 valence electrons. The van der Waals surface area contributed by atoms with Crippen LogP contribution in [0.1, 0.15) is 45.1 Å². The van der Waals surface area contributed by atoms with E-state index in [1.165, 1.54) is 0 Å². The Hall–Kier alpha value is -4.34. The zero-order valence-electron chi connectivity index (χ0n) is 18.1. The van der Waals surface area contributed by atoms with Crippen LogP contribution in [0.2, 0.25) is 0 Å². The van der Waals surface area contributed by atoms with E-state index in [0.29, 0.717) is 18.7 Å². The number of aryl methyl sites for hydroxylation is 2. The molecule has 0 aromatic carbocycles. The number of pyridine rings is 2. The fraction of sp³-hybridized carbons (Fsp3) is 0.217. The number of nitrogens with one attached hydrogen (secondary N) is 1. The Morgan fingerprint density at radius 2 is 2.09 bits per heavy atom. The number of hydrogen-bond acceptors (Lipinski definition) is 7. The first-order chi connectivity index (χ1) is 16.1. The Balaban J connectivity index is 1.40. The van der Waals surface area contributed by atoms with Crippen LogP contribution in [0.25, 0.3) is 17.1 Å². The summed E-state index contributed by atoms with van der Waals surface area (Å²) in [5.41, 5.74) is 5.92. The molecule has 6 rings (SSSR count). The number of H-pyrrole nitrogens is 1. The van der Waals surface area contributed by atoms with Gasteiger partial charge in [-0.2, -0.15) is 5.10 Å². The number of fused-ring (bicyclic) bond motifs is 2. The van der Waals surface area contributed by atoms with Crippen LogP contribution in [0.5, 0.6) is 0 Å². The van der Waals surface area contributed by atoms with E-state index < -0.39 is 6.04 Å². The molecule has 0 aliphatic carbocycles. The summed E-state index contributed by atoms with van der Waals surface area (Å²) in [6.07, 6.45) is 4.19. The van der Waals surface area contributed by atoms with Crippen molar-refractivity contribution >= 4 is 11.4 Å². The van der Waals surface area contributed by atoms with Crippen molar-refractivity contribution in [3.8, 4) is 11.6 Å². The van der Waals surface area contributed by atoms with Crippen molar-refractivity contribution in [2.75, 3.05) is 6.54 Å². The Morgan fingerprint density at radius 3 is 2.94 bits per heavy atom. The Labute approximate surface area is 188 Å². The van der Waals surface area contributed by atoms with Crippen molar-refractivity contribution in [3.63, 3.8) is 0 Å². The first kappa shape index (κ1) is 19.4. The highest BCUT2D eigenvalue weighted by molar-refractivity contribution is 5.90. The van der Waals surface area contributed by atoms with E-state index >= 15 is 0 Å². The van der Waals surface area contributed by atoms with Crippen LogP contribution in [0.4, 0.5) is 0 Å². The van der Waals surface area contributed by atoms with Gasteiger partial charge < -0.3 is 14.3 Å². The summed E-state index contributed by atoms with van der Waals surface area (Å²) >= 11 is 0. The van der Waals surface area contributed by atoms with E-state index in [0.717, 1.165) is 33.9 Å². The quantitative estimate of drug-likeness (QED) is 0.458. The Bertz CT molecular complexity index is 1500. The van der Waals surface area contributed by atoms with E-state index in [9.17, 15) is 4.79 Å². The van der Waals surface area contributed by atoms with Crippen molar-refractivity contribution < 1.29 is 9.21 Å². The normalized spacial score (nSPS) is 15.7. The van der Waals surface area contributed by atoms with E-state index in [1.54, 1.807) is 17.3 Å². The van der Waals surface area contributed by atoms with Gasteiger partial charge >= 0.3 is 11.8 Å². The van der Waals surface area contributed by atoms with Crippen LogP contribution in [0.15, 0.2) is 53.3 Å². The standard InChI is InChI=1S/C23H20N8O2/c1-13-5-4-9-31-18(13)11-17(29-31)20-19-15(24-12-25-19)8-10-30(20)23(32)22-28-27-21(33-22)16-7-3-6-14(2)26-16/h3-7,9,11-12,20H,8,10H2,1-2H3,(H,24,25)/t20-/m1/s1. The van der Waals surface area contributed by atoms with Gasteiger partial charge in [-0.05, 0) is 43.7 Å². The van der Waals surface area contributed by atoms with Crippen LogP contribution >= 0.6 is 0 Å². The summed E-state index contributed by atoms with van der Waals surface area (Å²) in [5.74, 6) is -0.245. The average molecular weight is 440 g/mol. The molecule has 1 aliphatic heterocycles. The third-order valence-electron chi connectivity index (χ3n) is 5.91. The SMILES string of the molecule is Cc1cccc(-c2nnc(C(=O)N3CCc4[nH]cnc4[C@H]3c3cc4c(C)cccn4n3)o2)n1. The molecule has 10 nitrogen and oxygen atoms in total. The molecular formula is C23H20N8O2. The molecule has 0 bridgehead atoms. The topological polar surface area (TPSA) is 118 Å². The van der Waals surface area contributed by atoms with Crippen LogP contribution in [-0.2, 0) is 6.42 Å². The average Bonchev–Trinajstić information content (AvgIpc) is 3.57. The lowest BCUT2D eigenvalue weighted by Gasteiger charge is -2.32. The number of carbonyl (C=O) groups excluding carboxylic acids is 1. The van der Waals surface area contributed by atoms with Gasteiger partial charge in [-0.25, -0.2) is 14.5 Å². The Morgan fingerprint density at radius 1 is 1.18 bits per heavy atom. The van der Waals surface area contributed by atoms with Gasteiger partial charge in [0.25, 0.3) is 5.89 Å². The number of amides is 1. The molecule has 1 atom stereocenters. The van der Waals surface area contributed by atoms with Gasteiger partial charge in [0.1, 0.15) is 11.7 Å². The summed E-state index contributed by atoms with van der Waals surface area (Å²) < 4.78 is 7.56. The maximum absolute atomic E-state index is 13.5. The third kappa shape index (κ3) is 3.18. The largest absolute Gasteiger partial charge is 0.411 e. The molecule has 0 fully saturated rings. The molecule has 0 saturated heterocycles. The van der Waals surface area contributed by atoms with Crippen molar-refractivity contribution in [1.29, 1.82) is 0 Å². The van der Waals surface area contributed by atoms with E-state index in [4.69, 9.17) is 9.52 Å². The van der Waals surface area contributed by atoms with Crippen molar-refractivity contribution in [2.45, 2.75) is 26.3 Å². The zero-order valence-corrected chi connectivity index (χ0v) is 18.1. The molecule has 0 spiro atoms. The number of hydrogen-bond donors (Lipinski definition) is 1. The van der Waals surface area contributed by atoms with Gasteiger partial charge in [-0.1, -0.05) is 12.1 Å². The molecule has 33 heavy (non-hydrogen) atoms. The van der Waals surface area contributed by atoms with Gasteiger partial charge in [0.05, 0.1) is 23.2 Å². The molecule has 1 aliphatic rings. The molecule has 6 heterocycles. The maximum Gasteiger partial charge on any atom is 0.312 e. The Kier molecular flexibility index (Phi) is 4.32. The van der Waals surface area contributed by atoms with Gasteiger partial charge in [0, 0.05) is 30.6 Å². The van der Waals surface area contributed by atoms with Crippen LogP contribution in [0.3, 0.4) is 0 Å². The fourth-order valence-electron chi connectivity index (χ4n) is 4.30. The van der Waals surface area contributed by atoms with Gasteiger partial charge in [-0.15, -0.1) is 10.2 Å². The number of aromatic amines is 1. The lowest BCUT2D eigenvalue weighted by molar-refractivity contribution is 0.0646. The van der Waals surface area contributed by atoms with Crippen molar-refractivity contribution in [2.24, 2.45) is 0 Å². The van der Waals surface area contributed by atoms with Crippen molar-refractivity contribution in [3.05, 3.63) is 83.2 Å². The molecule has 5 aromatic heterocycles. The van der Waals surface area contributed by atoms with E-state index in [-0.39, 0.29) is 17.7 Å². The van der Waals surface area contributed by atoms with Gasteiger partial charge in [-0.3, -0.25) is 4.79 Å². The second kappa shape index (κ2) is 7.37. The summed E-state index contributed by atoms with van der Waals surface area (Å²) in [7, 11) is 0. The summed E-state index contributed by atoms with van der Waals surface area (Å²) in [6, 6.07) is 11.0. The van der Waals surface area contributed by atoms with Crippen LogP contribution in [0, 0.1) is 13.8 Å². The second-order valence-corrected chi connectivity index (χ2v) is 8.08. The number of imidazole rings is 1. The third-order valence-corrected chi connectivity index (χ3v) is 5.91. The second-order valence-electron chi connectivity index (χ2n) is 8.08. The number of carbonyl (C=O) groups is 1. The molecule has 10 heteroatoms. The van der Waals surface area contributed by atoms with Crippen LogP contribution in [-0.4, -0.2) is 52.1 Å². The predicted octanol–water partition coefficient (Wildman–Crippen LogP) is 2.91. The van der Waals surface area contributed by atoms with E-state index in [2.05, 4.69) is 25.1 Å². The number of nitrogens with zero attached hydrogens (tertiary/aromatic N) is 7. The molecule has 0 radical (unpaired) electrons. The zero-order chi connectivity index (χ0) is 22.5. The molecule has 0 unspecified atom stereocenters. The number of rotatable bonds is 3. The number of aromatic nitrogens is 7. The summed E-state index contributed by atoms with van der Waals surface area (Å²) in [6.45, 7) is 4.37. The highest BCUT2D eigenvalue weighted by atomic mass is 16.4. The lowest BCUT2D eigenvalue weighted by atomic mass is 9.99. The first-order valence-corrected chi connectivity index (χ1v) is 10.6. The minimum absolute atomic E-state index is 0.0859. The maximum atomic E-state index is 13.5. The predicted molar refractivity (Wildman–Crippen MR) is 117 cm³/mol. The summed E-state index contributed by atoms with van der Waals surface area (Å²) in [5, 5.41) is 12.8. The minimum Gasteiger partial charge on any atom is -0.411 e. The molecule has 5 aromatic rings. The first-order valence-electron chi connectivity index (χ1n) is 10.6. The molecular weight excluding hydrogens is 420 g/mol. The van der Waals surface area contributed by atoms with Gasteiger partial charge in [0.2, 0.25) is 0 Å².